The predicted molar refractivity (Wildman–Crippen MR) is 74.9 cm³/mol. The third-order valence-electron chi connectivity index (χ3n) is 2.68. The van der Waals surface area contributed by atoms with Crippen molar-refractivity contribution in [3.05, 3.63) is 33.6 Å². The zero-order chi connectivity index (χ0) is 15.8. The van der Waals surface area contributed by atoms with Crippen molar-refractivity contribution >= 4 is 33.9 Å². The van der Waals surface area contributed by atoms with E-state index in [0.717, 1.165) is 6.07 Å². The van der Waals surface area contributed by atoms with Crippen LogP contribution in [0, 0.1) is 5.82 Å². The zero-order valence-electron chi connectivity index (χ0n) is 11.5. The van der Waals surface area contributed by atoms with Crippen molar-refractivity contribution in [3.63, 3.8) is 0 Å². The smallest absolute Gasteiger partial charge is 0.348 e. The van der Waals surface area contributed by atoms with Crippen LogP contribution in [0.5, 0.6) is 5.75 Å². The fourth-order valence-corrected chi connectivity index (χ4v) is 2.32. The van der Waals surface area contributed by atoms with Gasteiger partial charge >= 0.3 is 11.9 Å². The third-order valence-corrected chi connectivity index (χ3v) is 3.34. The molecule has 0 radical (unpaired) electrons. The second-order valence-corrected chi connectivity index (χ2v) is 5.59. The van der Waals surface area contributed by atoms with Crippen LogP contribution >= 0.6 is 15.9 Å². The summed E-state index contributed by atoms with van der Waals surface area (Å²) in [5.74, 6) is -3.28. The van der Waals surface area contributed by atoms with Gasteiger partial charge in [0.2, 0.25) is 0 Å². The highest BCUT2D eigenvalue weighted by molar-refractivity contribution is 9.10. The van der Waals surface area contributed by atoms with E-state index in [1.54, 1.807) is 0 Å². The number of benzene rings is 1. The summed E-state index contributed by atoms with van der Waals surface area (Å²) < 4.78 is 28.7. The average molecular weight is 359 g/mol. The molecule has 1 heterocycles. The Labute approximate surface area is 128 Å². The summed E-state index contributed by atoms with van der Waals surface area (Å²) >= 11 is 3.16. The molecule has 1 aromatic rings. The fourth-order valence-electron chi connectivity index (χ4n) is 1.79. The zero-order valence-corrected chi connectivity index (χ0v) is 13.1. The number of carbonyl (C=O) groups is 2. The van der Waals surface area contributed by atoms with E-state index >= 15 is 0 Å². The van der Waals surface area contributed by atoms with Gasteiger partial charge in [-0.25, -0.2) is 14.0 Å². The number of hydrogen-bond acceptors (Lipinski definition) is 5. The Kier molecular flexibility index (Phi) is 4.04. The molecule has 0 aromatic heterocycles. The van der Waals surface area contributed by atoms with Crippen LogP contribution in [0.4, 0.5) is 4.39 Å². The molecule has 1 aliphatic rings. The number of cyclic esters (lactones) is 2. The van der Waals surface area contributed by atoms with Crippen LogP contribution in [0.1, 0.15) is 19.4 Å². The third kappa shape index (κ3) is 3.24. The van der Waals surface area contributed by atoms with Crippen molar-refractivity contribution in [2.24, 2.45) is 0 Å². The molecule has 0 unspecified atom stereocenters. The summed E-state index contributed by atoms with van der Waals surface area (Å²) in [6.45, 7) is 2.90. The van der Waals surface area contributed by atoms with E-state index in [2.05, 4.69) is 15.9 Å². The lowest BCUT2D eigenvalue weighted by atomic mass is 10.1. The molecule has 0 spiro atoms. The van der Waals surface area contributed by atoms with E-state index in [9.17, 15) is 14.0 Å². The van der Waals surface area contributed by atoms with Crippen molar-refractivity contribution < 1.29 is 28.2 Å². The van der Waals surface area contributed by atoms with Gasteiger partial charge in [-0.3, -0.25) is 0 Å². The highest BCUT2D eigenvalue weighted by atomic mass is 79.9. The lowest BCUT2D eigenvalue weighted by Gasteiger charge is -2.29. The first kappa shape index (κ1) is 15.5. The van der Waals surface area contributed by atoms with Gasteiger partial charge in [0.05, 0.1) is 7.11 Å². The Balaban J connectivity index is 2.49. The number of esters is 2. The maximum atomic E-state index is 13.3. The van der Waals surface area contributed by atoms with Crippen molar-refractivity contribution in [1.29, 1.82) is 0 Å². The van der Waals surface area contributed by atoms with Crippen molar-refractivity contribution in [2.45, 2.75) is 19.6 Å². The molecule has 0 amide bonds. The maximum Gasteiger partial charge on any atom is 0.348 e. The Hall–Kier alpha value is -1.89. The summed E-state index contributed by atoms with van der Waals surface area (Å²) in [5, 5.41) is 0. The molecular weight excluding hydrogens is 347 g/mol. The summed E-state index contributed by atoms with van der Waals surface area (Å²) in [6, 6.07) is 2.33. The first-order valence-electron chi connectivity index (χ1n) is 5.95. The van der Waals surface area contributed by atoms with E-state index in [1.807, 2.05) is 0 Å². The van der Waals surface area contributed by atoms with Gasteiger partial charge in [0.25, 0.3) is 5.79 Å². The minimum absolute atomic E-state index is 0.166. The van der Waals surface area contributed by atoms with Crippen LogP contribution < -0.4 is 4.74 Å². The first-order valence-corrected chi connectivity index (χ1v) is 6.74. The van der Waals surface area contributed by atoms with Crippen LogP contribution in [0.3, 0.4) is 0 Å². The number of hydrogen-bond donors (Lipinski definition) is 0. The molecule has 0 bridgehead atoms. The molecule has 0 saturated carbocycles. The predicted octanol–water partition coefficient (Wildman–Crippen LogP) is 2.82. The van der Waals surface area contributed by atoms with Crippen molar-refractivity contribution in [1.82, 2.24) is 0 Å². The summed E-state index contributed by atoms with van der Waals surface area (Å²) in [6.07, 6.45) is 1.24. The molecule has 0 aliphatic carbocycles. The lowest BCUT2D eigenvalue weighted by molar-refractivity contribution is -0.222. The highest BCUT2D eigenvalue weighted by Gasteiger charge is 2.39. The highest BCUT2D eigenvalue weighted by Crippen LogP contribution is 2.32. The molecule has 112 valence electrons. The molecule has 1 aliphatic heterocycles. The van der Waals surface area contributed by atoms with Crippen molar-refractivity contribution in [2.75, 3.05) is 7.11 Å². The van der Waals surface area contributed by atoms with Crippen LogP contribution in [0.2, 0.25) is 0 Å². The standard InChI is InChI=1S/C14H12BrFO5/c1-14(2)20-12(17)9(13(18)21-14)6-8-10(15)4-7(16)5-11(8)19-3/h4-6H,1-3H3. The molecule has 7 heteroatoms. The first-order chi connectivity index (χ1) is 9.73. The average Bonchev–Trinajstić information content (AvgIpc) is 2.33. The molecule has 2 rings (SSSR count). The second kappa shape index (κ2) is 5.48. The normalized spacial score (nSPS) is 17.1. The van der Waals surface area contributed by atoms with E-state index < -0.39 is 23.5 Å². The number of ether oxygens (including phenoxy) is 3. The molecule has 1 fully saturated rings. The molecule has 5 nitrogen and oxygen atoms in total. The Bertz CT molecular complexity index is 629. The van der Waals surface area contributed by atoms with Crippen LogP contribution in [0.25, 0.3) is 6.08 Å². The SMILES string of the molecule is COc1cc(F)cc(Br)c1C=C1C(=O)OC(C)(C)OC1=O. The van der Waals surface area contributed by atoms with Gasteiger partial charge in [0.15, 0.2) is 0 Å². The fraction of sp³-hybridized carbons (Fsp3) is 0.286. The van der Waals surface area contributed by atoms with Gasteiger partial charge in [0, 0.05) is 30.0 Å². The minimum Gasteiger partial charge on any atom is -0.496 e. The number of rotatable bonds is 2. The summed E-state index contributed by atoms with van der Waals surface area (Å²) in [5.41, 5.74) is 0.0439. The van der Waals surface area contributed by atoms with Gasteiger partial charge in [-0.2, -0.15) is 0 Å². The Morgan fingerprint density at radius 3 is 2.33 bits per heavy atom. The topological polar surface area (TPSA) is 61.8 Å². The maximum absolute atomic E-state index is 13.3. The molecule has 0 atom stereocenters. The summed E-state index contributed by atoms with van der Waals surface area (Å²) in [7, 11) is 1.35. The van der Waals surface area contributed by atoms with Gasteiger partial charge < -0.3 is 14.2 Å². The van der Waals surface area contributed by atoms with Crippen molar-refractivity contribution in [3.8, 4) is 5.75 Å². The molecule has 0 N–H and O–H groups in total. The van der Waals surface area contributed by atoms with Gasteiger partial charge in [0.1, 0.15) is 17.1 Å². The molecular formula is C14H12BrFO5. The second-order valence-electron chi connectivity index (χ2n) is 4.74. The van der Waals surface area contributed by atoms with E-state index in [-0.39, 0.29) is 11.3 Å². The largest absolute Gasteiger partial charge is 0.496 e. The van der Waals surface area contributed by atoms with Crippen LogP contribution in [-0.2, 0) is 19.1 Å². The van der Waals surface area contributed by atoms with Gasteiger partial charge in [-0.05, 0) is 28.1 Å². The quantitative estimate of drug-likeness (QED) is 0.462. The molecule has 1 saturated heterocycles. The van der Waals surface area contributed by atoms with Crippen LogP contribution in [0.15, 0.2) is 22.2 Å². The molecule has 1 aromatic carbocycles. The monoisotopic (exact) mass is 358 g/mol. The number of carbonyl (C=O) groups excluding carboxylic acids is 2. The Morgan fingerprint density at radius 1 is 1.24 bits per heavy atom. The lowest BCUT2D eigenvalue weighted by Crippen LogP contribution is -2.41. The number of methoxy groups -OCH3 is 1. The van der Waals surface area contributed by atoms with Gasteiger partial charge in [-0.1, -0.05) is 0 Å². The van der Waals surface area contributed by atoms with E-state index in [0.29, 0.717) is 10.0 Å². The minimum atomic E-state index is -1.31. The Morgan fingerprint density at radius 2 is 1.81 bits per heavy atom. The van der Waals surface area contributed by atoms with E-state index in [1.165, 1.54) is 33.1 Å². The number of halogens is 2. The van der Waals surface area contributed by atoms with E-state index in [4.69, 9.17) is 14.2 Å². The van der Waals surface area contributed by atoms with Gasteiger partial charge in [-0.15, -0.1) is 0 Å². The molecule has 21 heavy (non-hydrogen) atoms. The van der Waals surface area contributed by atoms with Crippen LogP contribution in [-0.4, -0.2) is 24.8 Å². The summed E-state index contributed by atoms with van der Waals surface area (Å²) in [4.78, 5) is 23.8.